The Morgan fingerprint density at radius 1 is 0.947 bits per heavy atom. The molecule has 1 unspecified atom stereocenters. The van der Waals surface area contributed by atoms with E-state index in [0.717, 1.165) is 19.0 Å². The van der Waals surface area contributed by atoms with Crippen LogP contribution >= 0.6 is 0 Å². The predicted molar refractivity (Wildman–Crippen MR) is 87.8 cm³/mol. The van der Waals surface area contributed by atoms with Crippen LogP contribution in [0.4, 0.5) is 0 Å². The Hall–Kier alpha value is -0.0800. The summed E-state index contributed by atoms with van der Waals surface area (Å²) in [6.07, 6.45) is 6.45. The Morgan fingerprint density at radius 2 is 1.47 bits per heavy atom. The van der Waals surface area contributed by atoms with E-state index in [1.807, 2.05) is 0 Å². The zero-order chi connectivity index (χ0) is 14.9. The van der Waals surface area contributed by atoms with Gasteiger partial charge in [-0.05, 0) is 45.3 Å². The van der Waals surface area contributed by atoms with Crippen LogP contribution in [0, 0.1) is 5.92 Å². The molecule has 0 aromatic carbocycles. The summed E-state index contributed by atoms with van der Waals surface area (Å²) in [7, 11) is 2.14. The highest BCUT2D eigenvalue weighted by Gasteiger charge is 2.38. The number of hydrogen-bond donors (Lipinski definition) is 1. The maximum absolute atomic E-state index is 3.63. The average Bonchev–Trinajstić information content (AvgIpc) is 2.41. The molecule has 0 saturated carbocycles. The van der Waals surface area contributed by atoms with E-state index in [9.17, 15) is 0 Å². The molecule has 0 fully saturated rings. The van der Waals surface area contributed by atoms with Crippen molar-refractivity contribution in [3.63, 3.8) is 0 Å². The van der Waals surface area contributed by atoms with Gasteiger partial charge in [0, 0.05) is 11.6 Å². The van der Waals surface area contributed by atoms with Crippen LogP contribution in [0.25, 0.3) is 0 Å². The van der Waals surface area contributed by atoms with Crippen molar-refractivity contribution in [3.8, 4) is 0 Å². The Labute approximate surface area is 122 Å². The molecule has 0 aliphatic carbocycles. The summed E-state index contributed by atoms with van der Waals surface area (Å²) in [4.78, 5) is 2.67. The van der Waals surface area contributed by atoms with Crippen LogP contribution in [0.2, 0.25) is 0 Å². The van der Waals surface area contributed by atoms with Gasteiger partial charge in [-0.2, -0.15) is 0 Å². The Kier molecular flexibility index (Phi) is 9.72. The second-order valence-corrected chi connectivity index (χ2v) is 6.15. The fourth-order valence-electron chi connectivity index (χ4n) is 3.68. The van der Waals surface area contributed by atoms with Crippen molar-refractivity contribution in [2.75, 3.05) is 20.1 Å². The van der Waals surface area contributed by atoms with E-state index in [2.05, 4.69) is 58.8 Å². The van der Waals surface area contributed by atoms with Crippen molar-refractivity contribution >= 4 is 0 Å². The molecule has 0 radical (unpaired) electrons. The van der Waals surface area contributed by atoms with E-state index in [1.54, 1.807) is 0 Å². The largest absolute Gasteiger partial charge is 0.315 e. The van der Waals surface area contributed by atoms with Gasteiger partial charge in [0.1, 0.15) is 0 Å². The lowest BCUT2D eigenvalue weighted by atomic mass is 9.79. The Bertz CT molecular complexity index is 205. The summed E-state index contributed by atoms with van der Waals surface area (Å²) >= 11 is 0. The molecule has 0 aliphatic rings. The predicted octanol–water partition coefficient (Wildman–Crippen LogP) is 4.30. The second-order valence-electron chi connectivity index (χ2n) is 6.15. The average molecular weight is 271 g/mol. The lowest BCUT2D eigenvalue weighted by molar-refractivity contribution is 0.0476. The summed E-state index contributed by atoms with van der Waals surface area (Å²) in [6.45, 7) is 16.3. The van der Waals surface area contributed by atoms with Crippen LogP contribution in [-0.2, 0) is 0 Å². The van der Waals surface area contributed by atoms with E-state index in [-0.39, 0.29) is 0 Å². The molecular weight excluding hydrogens is 232 g/mol. The van der Waals surface area contributed by atoms with E-state index in [0.29, 0.717) is 11.6 Å². The van der Waals surface area contributed by atoms with E-state index in [4.69, 9.17) is 0 Å². The standard InChI is InChI=1S/C17H38N2/c1-8-17(9-2,19(10-3)11-4)16(18-7)14-12-13-15(5)6/h15-16,18H,8-14H2,1-7H3. The molecule has 0 bridgehead atoms. The first-order valence-corrected chi connectivity index (χ1v) is 8.44. The zero-order valence-electron chi connectivity index (χ0n) is 14.6. The molecule has 0 aliphatic heterocycles. The van der Waals surface area contributed by atoms with Gasteiger partial charge in [-0.3, -0.25) is 4.90 Å². The molecule has 0 rings (SSSR count). The van der Waals surface area contributed by atoms with Crippen LogP contribution in [-0.4, -0.2) is 36.6 Å². The van der Waals surface area contributed by atoms with Crippen LogP contribution < -0.4 is 5.32 Å². The molecule has 0 aromatic rings. The third-order valence-electron chi connectivity index (χ3n) is 4.89. The minimum absolute atomic E-state index is 0.329. The number of nitrogens with zero attached hydrogens (tertiary/aromatic N) is 1. The van der Waals surface area contributed by atoms with Gasteiger partial charge in [0.15, 0.2) is 0 Å². The van der Waals surface area contributed by atoms with Gasteiger partial charge in [0.25, 0.3) is 0 Å². The van der Waals surface area contributed by atoms with Crippen LogP contribution in [0.1, 0.15) is 73.6 Å². The first-order chi connectivity index (χ1) is 9.02. The number of likely N-dealkylation sites (N-methyl/N-ethyl adjacent to an activating group) is 2. The normalized spacial score (nSPS) is 14.4. The summed E-state index contributed by atoms with van der Waals surface area (Å²) in [5.41, 5.74) is 0.329. The smallest absolute Gasteiger partial charge is 0.0356 e. The summed E-state index contributed by atoms with van der Waals surface area (Å²) in [5.74, 6) is 0.823. The lowest BCUT2D eigenvalue weighted by Gasteiger charge is -2.48. The quantitative estimate of drug-likeness (QED) is 0.602. The lowest BCUT2D eigenvalue weighted by Crippen LogP contribution is -2.60. The third kappa shape index (κ3) is 5.07. The van der Waals surface area contributed by atoms with Crippen molar-refractivity contribution in [3.05, 3.63) is 0 Å². The minimum Gasteiger partial charge on any atom is -0.315 e. The summed E-state index contributed by atoms with van der Waals surface area (Å²) in [5, 5.41) is 3.63. The second kappa shape index (κ2) is 9.77. The topological polar surface area (TPSA) is 15.3 Å². The first kappa shape index (κ1) is 18.9. The molecule has 0 spiro atoms. The highest BCUT2D eigenvalue weighted by molar-refractivity contribution is 4.98. The van der Waals surface area contributed by atoms with Gasteiger partial charge < -0.3 is 5.32 Å². The van der Waals surface area contributed by atoms with E-state index in [1.165, 1.54) is 32.1 Å². The first-order valence-electron chi connectivity index (χ1n) is 8.44. The van der Waals surface area contributed by atoms with Crippen molar-refractivity contribution in [2.45, 2.75) is 85.2 Å². The fourth-order valence-corrected chi connectivity index (χ4v) is 3.68. The van der Waals surface area contributed by atoms with Crippen LogP contribution in [0.15, 0.2) is 0 Å². The van der Waals surface area contributed by atoms with Crippen LogP contribution in [0.3, 0.4) is 0 Å². The van der Waals surface area contributed by atoms with Gasteiger partial charge in [0.2, 0.25) is 0 Å². The Balaban J connectivity index is 4.87. The minimum atomic E-state index is 0.329. The molecule has 0 aromatic heterocycles. The highest BCUT2D eigenvalue weighted by atomic mass is 15.2. The monoisotopic (exact) mass is 270 g/mol. The molecule has 116 valence electrons. The fraction of sp³-hybridized carbons (Fsp3) is 1.00. The molecule has 0 amide bonds. The van der Waals surface area contributed by atoms with E-state index < -0.39 is 0 Å². The summed E-state index contributed by atoms with van der Waals surface area (Å²) < 4.78 is 0. The van der Waals surface area contributed by atoms with E-state index >= 15 is 0 Å². The molecule has 0 saturated heterocycles. The molecular formula is C17H38N2. The van der Waals surface area contributed by atoms with Gasteiger partial charge >= 0.3 is 0 Å². The molecule has 2 heteroatoms. The molecule has 2 nitrogen and oxygen atoms in total. The maximum Gasteiger partial charge on any atom is 0.0356 e. The molecule has 19 heavy (non-hydrogen) atoms. The zero-order valence-corrected chi connectivity index (χ0v) is 14.6. The Morgan fingerprint density at radius 3 is 1.79 bits per heavy atom. The SMILES string of the molecule is CCN(CC)C(CC)(CC)C(CCCC(C)C)NC. The maximum atomic E-state index is 3.63. The van der Waals surface area contributed by atoms with Gasteiger partial charge in [-0.25, -0.2) is 0 Å². The molecule has 1 N–H and O–H groups in total. The van der Waals surface area contributed by atoms with Crippen molar-refractivity contribution in [2.24, 2.45) is 5.92 Å². The number of hydrogen-bond acceptors (Lipinski definition) is 2. The third-order valence-corrected chi connectivity index (χ3v) is 4.89. The van der Waals surface area contributed by atoms with Crippen LogP contribution in [0.5, 0.6) is 0 Å². The van der Waals surface area contributed by atoms with Crippen molar-refractivity contribution in [1.82, 2.24) is 10.2 Å². The van der Waals surface area contributed by atoms with Gasteiger partial charge in [-0.15, -0.1) is 0 Å². The van der Waals surface area contributed by atoms with Crippen molar-refractivity contribution < 1.29 is 0 Å². The van der Waals surface area contributed by atoms with Gasteiger partial charge in [0.05, 0.1) is 0 Å². The highest BCUT2D eigenvalue weighted by Crippen LogP contribution is 2.30. The van der Waals surface area contributed by atoms with Crippen molar-refractivity contribution in [1.29, 1.82) is 0 Å². The number of rotatable bonds is 11. The number of nitrogens with one attached hydrogen (secondary N) is 1. The summed E-state index contributed by atoms with van der Waals surface area (Å²) in [6, 6.07) is 0.612. The molecule has 1 atom stereocenters. The molecule has 0 heterocycles. The van der Waals surface area contributed by atoms with Gasteiger partial charge in [-0.1, -0.05) is 54.4 Å².